The van der Waals surface area contributed by atoms with Gasteiger partial charge in [-0.05, 0) is 12.1 Å². The van der Waals surface area contributed by atoms with Crippen LogP contribution in [0.25, 0.3) is 10.9 Å². The maximum atomic E-state index is 10.5. The summed E-state index contributed by atoms with van der Waals surface area (Å²) >= 11 is 0. The Bertz CT molecular complexity index is 573. The van der Waals surface area contributed by atoms with Crippen LogP contribution in [0.5, 0.6) is 5.75 Å². The third-order valence-corrected chi connectivity index (χ3v) is 2.32. The largest absolute Gasteiger partial charge is 0.508 e. The second-order valence-corrected chi connectivity index (χ2v) is 3.68. The molecule has 0 bridgehead atoms. The zero-order valence-corrected chi connectivity index (χ0v) is 8.44. The number of thiol groups is 1. The topological polar surface area (TPSA) is 79.3 Å². The summed E-state index contributed by atoms with van der Waals surface area (Å²) in [7, 11) is -2.76. The maximum Gasteiger partial charge on any atom is 0.222 e. The predicted molar refractivity (Wildman–Crippen MR) is 57.3 cm³/mol. The van der Waals surface area contributed by atoms with Gasteiger partial charge in [0.05, 0.1) is 11.2 Å². The van der Waals surface area contributed by atoms with E-state index in [2.05, 4.69) is 9.71 Å². The van der Waals surface area contributed by atoms with Gasteiger partial charge in [-0.1, -0.05) is 6.07 Å². The zero-order chi connectivity index (χ0) is 10.8. The van der Waals surface area contributed by atoms with Crippen LogP contribution < -0.4 is 4.72 Å². The Kier molecular flexibility index (Phi) is 2.42. The smallest absolute Gasteiger partial charge is 0.222 e. The van der Waals surface area contributed by atoms with Crippen molar-refractivity contribution < 1.29 is 13.5 Å². The lowest BCUT2D eigenvalue weighted by atomic mass is 10.2. The first-order chi connectivity index (χ1) is 7.16. The Morgan fingerprint density at radius 1 is 1.33 bits per heavy atom. The van der Waals surface area contributed by atoms with Gasteiger partial charge in [-0.3, -0.25) is 9.71 Å². The first kappa shape index (κ1) is 9.72. The minimum absolute atomic E-state index is 0.00477. The summed E-state index contributed by atoms with van der Waals surface area (Å²) in [6.07, 6.45) is 1.56. The Morgan fingerprint density at radius 2 is 2.13 bits per heavy atom. The molecule has 0 aliphatic rings. The third kappa shape index (κ3) is 1.99. The fraction of sp³-hybridized carbons (Fsp3) is 0. The minimum Gasteiger partial charge on any atom is -0.508 e. The van der Waals surface area contributed by atoms with Crippen LogP contribution in [0.1, 0.15) is 0 Å². The Hall–Kier alpha value is -1.82. The highest BCUT2D eigenvalue weighted by Crippen LogP contribution is 2.26. The molecule has 0 saturated heterocycles. The summed E-state index contributed by atoms with van der Waals surface area (Å²) < 4.78 is 23.3. The first-order valence-corrected chi connectivity index (χ1v) is 5.33. The molecule has 1 heterocycles. The predicted octanol–water partition coefficient (Wildman–Crippen LogP) is 0.879. The molecule has 0 amide bonds. The van der Waals surface area contributed by atoms with Crippen LogP contribution in [0, 0.1) is 0 Å². The SMILES string of the molecule is O=[SH](=O)Nc1cc(O)cc2cccnc12. The van der Waals surface area contributed by atoms with E-state index in [0.717, 1.165) is 0 Å². The van der Waals surface area contributed by atoms with Gasteiger partial charge in [0.2, 0.25) is 10.9 Å². The Morgan fingerprint density at radius 3 is 2.87 bits per heavy atom. The zero-order valence-electron chi connectivity index (χ0n) is 7.54. The first-order valence-electron chi connectivity index (χ1n) is 4.15. The third-order valence-electron chi connectivity index (χ3n) is 1.90. The molecule has 0 unspecified atom stereocenters. The number of hydrogen-bond donors (Lipinski definition) is 3. The van der Waals surface area contributed by atoms with E-state index < -0.39 is 10.9 Å². The van der Waals surface area contributed by atoms with Crippen LogP contribution in [0.4, 0.5) is 5.69 Å². The van der Waals surface area contributed by atoms with Crippen molar-refractivity contribution in [1.82, 2.24) is 4.98 Å². The van der Waals surface area contributed by atoms with Crippen LogP contribution in [0.2, 0.25) is 0 Å². The molecule has 78 valence electrons. The van der Waals surface area contributed by atoms with Crippen molar-refractivity contribution >= 4 is 27.5 Å². The summed E-state index contributed by atoms with van der Waals surface area (Å²) in [4.78, 5) is 4.03. The number of anilines is 1. The van der Waals surface area contributed by atoms with Crippen molar-refractivity contribution in [3.63, 3.8) is 0 Å². The molecule has 2 rings (SSSR count). The molecule has 2 aromatic rings. The van der Waals surface area contributed by atoms with Gasteiger partial charge in [0, 0.05) is 17.6 Å². The summed E-state index contributed by atoms with van der Waals surface area (Å²) in [6.45, 7) is 0. The Balaban J connectivity index is 2.70. The number of fused-ring (bicyclic) bond motifs is 1. The number of nitrogens with one attached hydrogen (secondary N) is 1. The van der Waals surface area contributed by atoms with Gasteiger partial charge >= 0.3 is 0 Å². The number of benzene rings is 1. The van der Waals surface area contributed by atoms with Gasteiger partial charge in [-0.15, -0.1) is 0 Å². The van der Waals surface area contributed by atoms with E-state index in [1.54, 1.807) is 18.3 Å². The lowest BCUT2D eigenvalue weighted by Crippen LogP contribution is -1.96. The maximum absolute atomic E-state index is 10.5. The average molecular weight is 224 g/mol. The highest BCUT2D eigenvalue weighted by Gasteiger charge is 2.04. The minimum atomic E-state index is -2.76. The van der Waals surface area contributed by atoms with Crippen molar-refractivity contribution in [1.29, 1.82) is 0 Å². The number of aromatic hydroxyl groups is 1. The van der Waals surface area contributed by atoms with Crippen molar-refractivity contribution in [2.75, 3.05) is 4.72 Å². The molecule has 6 heteroatoms. The van der Waals surface area contributed by atoms with E-state index >= 15 is 0 Å². The van der Waals surface area contributed by atoms with Gasteiger partial charge in [-0.2, -0.15) is 0 Å². The molecule has 0 atom stereocenters. The summed E-state index contributed by atoms with van der Waals surface area (Å²) in [5.74, 6) is -0.00477. The van der Waals surface area contributed by atoms with Crippen LogP contribution in [-0.4, -0.2) is 18.5 Å². The van der Waals surface area contributed by atoms with Gasteiger partial charge in [-0.25, -0.2) is 8.42 Å². The fourth-order valence-corrected chi connectivity index (χ4v) is 1.73. The Labute approximate surface area is 87.5 Å². The molecule has 15 heavy (non-hydrogen) atoms. The van der Waals surface area contributed by atoms with Crippen LogP contribution in [0.3, 0.4) is 0 Å². The van der Waals surface area contributed by atoms with Crippen molar-refractivity contribution in [2.24, 2.45) is 0 Å². The lowest BCUT2D eigenvalue weighted by Gasteiger charge is -2.04. The monoisotopic (exact) mass is 224 g/mol. The molecular formula is C9H8N2O3S. The van der Waals surface area contributed by atoms with E-state index in [4.69, 9.17) is 0 Å². The molecule has 0 spiro atoms. The highest BCUT2D eigenvalue weighted by molar-refractivity contribution is 7.73. The molecular weight excluding hydrogens is 216 g/mol. The molecule has 1 aromatic carbocycles. The van der Waals surface area contributed by atoms with Crippen molar-refractivity contribution in [3.05, 3.63) is 30.5 Å². The van der Waals surface area contributed by atoms with Gasteiger partial charge in [0.1, 0.15) is 5.75 Å². The lowest BCUT2D eigenvalue weighted by molar-refractivity contribution is 0.476. The van der Waals surface area contributed by atoms with Crippen molar-refractivity contribution in [3.8, 4) is 5.75 Å². The number of phenols is 1. The quantitative estimate of drug-likeness (QED) is 0.661. The highest BCUT2D eigenvalue weighted by atomic mass is 32.2. The summed E-state index contributed by atoms with van der Waals surface area (Å²) in [5, 5.41) is 10.0. The fourth-order valence-electron chi connectivity index (χ4n) is 1.36. The van der Waals surface area contributed by atoms with E-state index in [1.165, 1.54) is 12.1 Å². The average Bonchev–Trinajstić information content (AvgIpc) is 2.16. The molecule has 5 nitrogen and oxygen atoms in total. The standard InChI is InChI=1S/C9H8N2O3S/c12-7-4-6-2-1-3-10-9(6)8(5-7)11-15(13)14/h1-5,12,15H,(H,11,13,14). The van der Waals surface area contributed by atoms with Crippen LogP contribution >= 0.6 is 0 Å². The molecule has 0 aliphatic carbocycles. The summed E-state index contributed by atoms with van der Waals surface area (Å²) in [5.41, 5.74) is 0.788. The second-order valence-electron chi connectivity index (χ2n) is 2.94. The van der Waals surface area contributed by atoms with Gasteiger partial charge in [0.15, 0.2) is 0 Å². The van der Waals surface area contributed by atoms with E-state index in [-0.39, 0.29) is 11.4 Å². The molecule has 0 radical (unpaired) electrons. The van der Waals surface area contributed by atoms with Crippen LogP contribution in [0.15, 0.2) is 30.5 Å². The number of pyridine rings is 1. The molecule has 0 fully saturated rings. The number of aromatic nitrogens is 1. The van der Waals surface area contributed by atoms with E-state index in [9.17, 15) is 13.5 Å². The van der Waals surface area contributed by atoms with E-state index in [1.807, 2.05) is 0 Å². The van der Waals surface area contributed by atoms with Crippen molar-refractivity contribution in [2.45, 2.75) is 0 Å². The molecule has 2 N–H and O–H groups in total. The molecule has 0 saturated carbocycles. The number of hydrogen-bond acceptors (Lipinski definition) is 4. The molecule has 0 aliphatic heterocycles. The van der Waals surface area contributed by atoms with Gasteiger partial charge in [0.25, 0.3) is 0 Å². The second kappa shape index (κ2) is 3.74. The molecule has 1 aromatic heterocycles. The van der Waals surface area contributed by atoms with Gasteiger partial charge < -0.3 is 5.11 Å². The number of rotatable bonds is 2. The normalized spacial score (nSPS) is 10.7. The number of phenolic OH excluding ortho intramolecular Hbond substituents is 1. The number of nitrogens with zero attached hydrogens (tertiary/aromatic N) is 1. The van der Waals surface area contributed by atoms with E-state index in [0.29, 0.717) is 10.9 Å². The summed E-state index contributed by atoms with van der Waals surface area (Å²) in [6, 6.07) is 6.29. The van der Waals surface area contributed by atoms with Crippen LogP contribution in [-0.2, 0) is 10.9 Å².